The van der Waals surface area contributed by atoms with E-state index in [-0.39, 0.29) is 0 Å². The van der Waals surface area contributed by atoms with Crippen molar-refractivity contribution < 1.29 is 0 Å². The van der Waals surface area contributed by atoms with Gasteiger partial charge < -0.3 is 0 Å². The standard InChI is InChI=1S/C12H24/c1-9(2)8-11(4)12-7-5-6-10(12)3/h9-12H,5-8H2,1-4H3. The zero-order valence-electron chi connectivity index (χ0n) is 9.14. The Balaban J connectivity index is 2.35. The second-order valence-electron chi connectivity index (χ2n) is 5.18. The van der Waals surface area contributed by atoms with E-state index in [1.54, 1.807) is 0 Å². The highest BCUT2D eigenvalue weighted by Crippen LogP contribution is 2.38. The van der Waals surface area contributed by atoms with Crippen LogP contribution in [0.4, 0.5) is 0 Å². The lowest BCUT2D eigenvalue weighted by Crippen LogP contribution is -2.16. The van der Waals surface area contributed by atoms with Gasteiger partial charge in [0.25, 0.3) is 0 Å². The van der Waals surface area contributed by atoms with Gasteiger partial charge in [-0.2, -0.15) is 0 Å². The first-order chi connectivity index (χ1) is 5.61. The molecule has 0 heteroatoms. The third-order valence-electron chi connectivity index (χ3n) is 3.50. The summed E-state index contributed by atoms with van der Waals surface area (Å²) in [5.41, 5.74) is 0. The Hall–Kier alpha value is 0. The summed E-state index contributed by atoms with van der Waals surface area (Å²) in [6.45, 7) is 9.58. The summed E-state index contributed by atoms with van der Waals surface area (Å²) < 4.78 is 0. The highest BCUT2D eigenvalue weighted by Gasteiger charge is 2.28. The zero-order chi connectivity index (χ0) is 9.14. The summed E-state index contributed by atoms with van der Waals surface area (Å²) in [6, 6.07) is 0. The van der Waals surface area contributed by atoms with Gasteiger partial charge in [0.2, 0.25) is 0 Å². The van der Waals surface area contributed by atoms with Crippen molar-refractivity contribution in [1.29, 1.82) is 0 Å². The van der Waals surface area contributed by atoms with E-state index in [0.717, 1.165) is 23.7 Å². The first-order valence-corrected chi connectivity index (χ1v) is 5.61. The Morgan fingerprint density at radius 3 is 2.25 bits per heavy atom. The minimum Gasteiger partial charge on any atom is -0.0628 e. The zero-order valence-corrected chi connectivity index (χ0v) is 9.14. The van der Waals surface area contributed by atoms with Gasteiger partial charge in [-0.05, 0) is 36.5 Å². The van der Waals surface area contributed by atoms with Gasteiger partial charge in [-0.3, -0.25) is 0 Å². The molecule has 3 atom stereocenters. The Morgan fingerprint density at radius 2 is 1.83 bits per heavy atom. The summed E-state index contributed by atoms with van der Waals surface area (Å²) in [4.78, 5) is 0. The summed E-state index contributed by atoms with van der Waals surface area (Å²) in [5.74, 6) is 3.88. The van der Waals surface area contributed by atoms with E-state index in [0.29, 0.717) is 0 Å². The van der Waals surface area contributed by atoms with E-state index < -0.39 is 0 Å². The Morgan fingerprint density at radius 1 is 1.17 bits per heavy atom. The normalized spacial score (nSPS) is 32.8. The van der Waals surface area contributed by atoms with Crippen molar-refractivity contribution in [3.8, 4) is 0 Å². The van der Waals surface area contributed by atoms with Crippen molar-refractivity contribution in [2.24, 2.45) is 23.7 Å². The monoisotopic (exact) mass is 168 g/mol. The Labute approximate surface area is 77.7 Å². The first kappa shape index (κ1) is 10.1. The van der Waals surface area contributed by atoms with E-state index in [9.17, 15) is 0 Å². The van der Waals surface area contributed by atoms with Crippen molar-refractivity contribution in [2.75, 3.05) is 0 Å². The van der Waals surface area contributed by atoms with Crippen LogP contribution in [0.5, 0.6) is 0 Å². The molecule has 0 heterocycles. The topological polar surface area (TPSA) is 0 Å². The lowest BCUT2D eigenvalue weighted by molar-refractivity contribution is 0.256. The lowest BCUT2D eigenvalue weighted by atomic mass is 9.81. The second-order valence-corrected chi connectivity index (χ2v) is 5.18. The van der Waals surface area contributed by atoms with Crippen LogP contribution < -0.4 is 0 Å². The molecule has 1 fully saturated rings. The van der Waals surface area contributed by atoms with Crippen molar-refractivity contribution in [3.05, 3.63) is 0 Å². The maximum absolute atomic E-state index is 2.45. The number of hydrogen-bond acceptors (Lipinski definition) is 0. The molecule has 1 saturated carbocycles. The van der Waals surface area contributed by atoms with Crippen LogP contribution in [0.2, 0.25) is 0 Å². The fourth-order valence-electron chi connectivity index (χ4n) is 2.94. The molecule has 0 saturated heterocycles. The van der Waals surface area contributed by atoms with Gasteiger partial charge in [-0.25, -0.2) is 0 Å². The molecule has 1 aliphatic rings. The highest BCUT2D eigenvalue weighted by molar-refractivity contribution is 4.78. The van der Waals surface area contributed by atoms with E-state index in [4.69, 9.17) is 0 Å². The molecule has 0 radical (unpaired) electrons. The molecule has 0 N–H and O–H groups in total. The van der Waals surface area contributed by atoms with Crippen molar-refractivity contribution in [1.82, 2.24) is 0 Å². The molecule has 0 aromatic carbocycles. The van der Waals surface area contributed by atoms with Crippen molar-refractivity contribution >= 4 is 0 Å². The van der Waals surface area contributed by atoms with E-state index in [1.165, 1.54) is 25.7 Å². The summed E-state index contributed by atoms with van der Waals surface area (Å²) >= 11 is 0. The molecular weight excluding hydrogens is 144 g/mol. The smallest absolute Gasteiger partial charge is 0.0363 e. The van der Waals surface area contributed by atoms with Crippen LogP contribution in [0, 0.1) is 23.7 Å². The Kier molecular flexibility index (Phi) is 3.61. The molecule has 0 amide bonds. The van der Waals surface area contributed by atoms with Gasteiger partial charge in [-0.1, -0.05) is 40.5 Å². The average molecular weight is 168 g/mol. The van der Waals surface area contributed by atoms with Gasteiger partial charge in [0.15, 0.2) is 0 Å². The molecule has 0 nitrogen and oxygen atoms in total. The number of rotatable bonds is 3. The predicted molar refractivity (Wildman–Crippen MR) is 55.1 cm³/mol. The van der Waals surface area contributed by atoms with Gasteiger partial charge in [-0.15, -0.1) is 0 Å². The van der Waals surface area contributed by atoms with Crippen LogP contribution in [0.25, 0.3) is 0 Å². The van der Waals surface area contributed by atoms with Crippen LogP contribution in [-0.2, 0) is 0 Å². The molecule has 0 aromatic rings. The van der Waals surface area contributed by atoms with Crippen LogP contribution in [0.15, 0.2) is 0 Å². The van der Waals surface area contributed by atoms with Crippen LogP contribution in [0.1, 0.15) is 53.4 Å². The third-order valence-corrected chi connectivity index (χ3v) is 3.50. The molecule has 0 aromatic heterocycles. The molecule has 1 rings (SSSR count). The molecule has 3 unspecified atom stereocenters. The van der Waals surface area contributed by atoms with E-state index in [1.807, 2.05) is 0 Å². The van der Waals surface area contributed by atoms with Crippen molar-refractivity contribution in [2.45, 2.75) is 53.4 Å². The quantitative estimate of drug-likeness (QED) is 0.595. The lowest BCUT2D eigenvalue weighted by Gasteiger charge is -2.24. The van der Waals surface area contributed by atoms with E-state index in [2.05, 4.69) is 27.7 Å². The van der Waals surface area contributed by atoms with E-state index >= 15 is 0 Å². The molecule has 0 bridgehead atoms. The average Bonchev–Trinajstić information content (AvgIpc) is 2.33. The van der Waals surface area contributed by atoms with Crippen LogP contribution in [-0.4, -0.2) is 0 Å². The largest absolute Gasteiger partial charge is 0.0628 e. The van der Waals surface area contributed by atoms with Gasteiger partial charge in [0.1, 0.15) is 0 Å². The molecule has 0 spiro atoms. The highest BCUT2D eigenvalue weighted by atomic mass is 14.3. The molecule has 1 aliphatic carbocycles. The molecular formula is C12H24. The maximum Gasteiger partial charge on any atom is -0.0363 e. The number of hydrogen-bond donors (Lipinski definition) is 0. The van der Waals surface area contributed by atoms with Gasteiger partial charge in [0, 0.05) is 0 Å². The summed E-state index contributed by atoms with van der Waals surface area (Å²) in [5, 5.41) is 0. The predicted octanol–water partition coefficient (Wildman–Crippen LogP) is 4.10. The Bertz CT molecular complexity index is 126. The maximum atomic E-state index is 2.45. The fraction of sp³-hybridized carbons (Fsp3) is 1.00. The van der Waals surface area contributed by atoms with Crippen LogP contribution in [0.3, 0.4) is 0 Å². The fourth-order valence-corrected chi connectivity index (χ4v) is 2.94. The SMILES string of the molecule is CC(C)CC(C)C1CCCC1C. The third kappa shape index (κ3) is 2.50. The summed E-state index contributed by atoms with van der Waals surface area (Å²) in [6.07, 6.45) is 5.88. The second kappa shape index (κ2) is 4.30. The summed E-state index contributed by atoms with van der Waals surface area (Å²) in [7, 11) is 0. The van der Waals surface area contributed by atoms with Crippen molar-refractivity contribution in [3.63, 3.8) is 0 Å². The van der Waals surface area contributed by atoms with Gasteiger partial charge >= 0.3 is 0 Å². The van der Waals surface area contributed by atoms with Crippen LogP contribution >= 0.6 is 0 Å². The minimum absolute atomic E-state index is 0.882. The molecule has 72 valence electrons. The first-order valence-electron chi connectivity index (χ1n) is 5.61. The minimum atomic E-state index is 0.882. The van der Waals surface area contributed by atoms with Gasteiger partial charge in [0.05, 0.1) is 0 Å². The molecule has 0 aliphatic heterocycles. The molecule has 12 heavy (non-hydrogen) atoms.